The zero-order valence-electron chi connectivity index (χ0n) is 6.38. The van der Waals surface area contributed by atoms with Gasteiger partial charge >= 0.3 is 0 Å². The van der Waals surface area contributed by atoms with Gasteiger partial charge in [-0.25, -0.2) is 4.98 Å². The van der Waals surface area contributed by atoms with Gasteiger partial charge in [0.05, 0.1) is 6.61 Å². The van der Waals surface area contributed by atoms with E-state index in [0.29, 0.717) is 12.5 Å². The van der Waals surface area contributed by atoms with E-state index in [2.05, 4.69) is 20.9 Å². The van der Waals surface area contributed by atoms with E-state index in [0.717, 1.165) is 10.9 Å². The van der Waals surface area contributed by atoms with Crippen molar-refractivity contribution in [2.75, 3.05) is 11.9 Å². The molecule has 1 aromatic rings. The first kappa shape index (κ1) is 8.53. The van der Waals surface area contributed by atoms with Crippen LogP contribution in [0.15, 0.2) is 18.3 Å². The van der Waals surface area contributed by atoms with Crippen molar-refractivity contribution in [2.45, 2.75) is 6.92 Å². The predicted octanol–water partition coefficient (Wildman–Crippen LogP) is 2.16. The number of aromatic nitrogens is 1. The van der Waals surface area contributed by atoms with Gasteiger partial charge in [-0.15, -0.1) is 0 Å². The Bertz CT molecular complexity index is 210. The van der Waals surface area contributed by atoms with Gasteiger partial charge in [0.2, 0.25) is 5.88 Å². The van der Waals surface area contributed by atoms with Crippen LogP contribution in [0.2, 0.25) is 0 Å². The van der Waals surface area contributed by atoms with Crippen molar-refractivity contribution >= 4 is 15.9 Å². The summed E-state index contributed by atoms with van der Waals surface area (Å²) in [7, 11) is 0. The summed E-state index contributed by atoms with van der Waals surface area (Å²) in [6.07, 6.45) is 1.80. The van der Waals surface area contributed by atoms with Crippen molar-refractivity contribution in [3.05, 3.63) is 23.9 Å². The first-order valence-corrected chi connectivity index (χ1v) is 4.56. The molecule has 3 heteroatoms. The first-order valence-electron chi connectivity index (χ1n) is 3.44. The summed E-state index contributed by atoms with van der Waals surface area (Å²) in [5, 5.41) is 0.836. The van der Waals surface area contributed by atoms with Crippen molar-refractivity contribution in [2.24, 2.45) is 0 Å². The number of rotatable bonds is 3. The number of hydrogen-bond acceptors (Lipinski definition) is 2. The van der Waals surface area contributed by atoms with Gasteiger partial charge in [-0.3, -0.25) is 0 Å². The second-order valence-electron chi connectivity index (χ2n) is 2.21. The van der Waals surface area contributed by atoms with Gasteiger partial charge in [0, 0.05) is 17.6 Å². The van der Waals surface area contributed by atoms with Crippen molar-refractivity contribution < 1.29 is 4.74 Å². The molecule has 1 heterocycles. The molecule has 0 amide bonds. The molecule has 0 saturated heterocycles. The number of ether oxygens (including phenoxy) is 1. The van der Waals surface area contributed by atoms with Crippen LogP contribution >= 0.6 is 15.9 Å². The minimum Gasteiger partial charge on any atom is -0.477 e. The average Bonchev–Trinajstić information content (AvgIpc) is 2.04. The lowest BCUT2D eigenvalue weighted by Gasteiger charge is -2.01. The summed E-state index contributed by atoms with van der Waals surface area (Å²) in [5.41, 5.74) is 1.15. The Morgan fingerprint density at radius 2 is 2.36 bits per heavy atom. The van der Waals surface area contributed by atoms with E-state index in [4.69, 9.17) is 4.74 Å². The lowest BCUT2D eigenvalue weighted by molar-refractivity contribution is 0.331. The van der Waals surface area contributed by atoms with Crippen LogP contribution in [0.5, 0.6) is 5.88 Å². The number of alkyl halides is 1. The van der Waals surface area contributed by atoms with E-state index in [1.807, 2.05) is 19.1 Å². The van der Waals surface area contributed by atoms with Crippen LogP contribution in [0, 0.1) is 6.92 Å². The predicted molar refractivity (Wildman–Crippen MR) is 48.3 cm³/mol. The van der Waals surface area contributed by atoms with Crippen molar-refractivity contribution in [1.82, 2.24) is 4.98 Å². The second-order valence-corrected chi connectivity index (χ2v) is 3.00. The van der Waals surface area contributed by atoms with E-state index < -0.39 is 0 Å². The molecule has 2 nitrogen and oxygen atoms in total. The molecule has 0 radical (unpaired) electrons. The summed E-state index contributed by atoms with van der Waals surface area (Å²) in [6.45, 7) is 2.66. The molecule has 0 aliphatic heterocycles. The Balaban J connectivity index is 2.52. The zero-order chi connectivity index (χ0) is 8.10. The third-order valence-electron chi connectivity index (χ3n) is 1.21. The fourth-order valence-electron chi connectivity index (χ4n) is 0.683. The lowest BCUT2D eigenvalue weighted by atomic mass is 10.3. The molecule has 0 N–H and O–H groups in total. The maximum absolute atomic E-state index is 5.25. The fourth-order valence-corrected chi connectivity index (χ4v) is 0.845. The zero-order valence-corrected chi connectivity index (χ0v) is 7.97. The minimum atomic E-state index is 0.663. The fraction of sp³-hybridized carbons (Fsp3) is 0.375. The van der Waals surface area contributed by atoms with Crippen molar-refractivity contribution in [3.63, 3.8) is 0 Å². The van der Waals surface area contributed by atoms with Gasteiger partial charge in [0.25, 0.3) is 0 Å². The molecule has 0 aromatic carbocycles. The molecule has 0 aliphatic rings. The standard InChI is InChI=1S/C8H10BrNO/c1-7-2-3-8(10-6-7)11-5-4-9/h2-3,6H,4-5H2,1H3. The molecule has 0 saturated carbocycles. The Kier molecular flexibility index (Phi) is 3.36. The highest BCUT2D eigenvalue weighted by Crippen LogP contribution is 2.06. The Morgan fingerprint density at radius 3 is 2.91 bits per heavy atom. The van der Waals surface area contributed by atoms with Crippen LogP contribution in [-0.4, -0.2) is 16.9 Å². The Morgan fingerprint density at radius 1 is 1.55 bits per heavy atom. The quantitative estimate of drug-likeness (QED) is 0.722. The molecule has 60 valence electrons. The normalized spacial score (nSPS) is 9.64. The molecule has 0 unspecified atom stereocenters. The van der Waals surface area contributed by atoms with Crippen LogP contribution in [0.3, 0.4) is 0 Å². The topological polar surface area (TPSA) is 22.1 Å². The van der Waals surface area contributed by atoms with Crippen LogP contribution in [0.25, 0.3) is 0 Å². The van der Waals surface area contributed by atoms with Gasteiger partial charge in [-0.1, -0.05) is 22.0 Å². The molecular weight excluding hydrogens is 206 g/mol. The van der Waals surface area contributed by atoms with Crippen LogP contribution in [0.1, 0.15) is 5.56 Å². The van der Waals surface area contributed by atoms with Crippen LogP contribution in [0.4, 0.5) is 0 Å². The van der Waals surface area contributed by atoms with Crippen molar-refractivity contribution in [3.8, 4) is 5.88 Å². The molecule has 0 bridgehead atoms. The third-order valence-corrected chi connectivity index (χ3v) is 1.54. The minimum absolute atomic E-state index is 0.663. The molecule has 1 aromatic heterocycles. The third kappa shape index (κ3) is 2.89. The second kappa shape index (κ2) is 4.34. The van der Waals surface area contributed by atoms with Gasteiger partial charge in [-0.05, 0) is 12.5 Å². The number of pyridine rings is 1. The Hall–Kier alpha value is -0.570. The molecular formula is C8H10BrNO. The highest BCUT2D eigenvalue weighted by molar-refractivity contribution is 9.09. The molecule has 0 fully saturated rings. The van der Waals surface area contributed by atoms with Crippen LogP contribution in [-0.2, 0) is 0 Å². The summed E-state index contributed by atoms with van der Waals surface area (Å²) in [5.74, 6) is 0.690. The van der Waals surface area contributed by atoms with Crippen molar-refractivity contribution in [1.29, 1.82) is 0 Å². The number of aryl methyl sites for hydroxylation is 1. The summed E-state index contributed by atoms with van der Waals surface area (Å²) in [4.78, 5) is 4.07. The highest BCUT2D eigenvalue weighted by atomic mass is 79.9. The highest BCUT2D eigenvalue weighted by Gasteiger charge is 1.91. The SMILES string of the molecule is Cc1ccc(OCCBr)nc1. The van der Waals surface area contributed by atoms with Gasteiger partial charge < -0.3 is 4.74 Å². The van der Waals surface area contributed by atoms with Gasteiger partial charge in [0.15, 0.2) is 0 Å². The smallest absolute Gasteiger partial charge is 0.213 e. The number of hydrogen-bond donors (Lipinski definition) is 0. The monoisotopic (exact) mass is 215 g/mol. The number of halogens is 1. The Labute approximate surface area is 74.7 Å². The van der Waals surface area contributed by atoms with E-state index in [1.165, 1.54) is 0 Å². The maximum atomic E-state index is 5.25. The van der Waals surface area contributed by atoms with E-state index in [1.54, 1.807) is 6.20 Å². The molecule has 0 aliphatic carbocycles. The average molecular weight is 216 g/mol. The summed E-state index contributed by atoms with van der Waals surface area (Å²) < 4.78 is 5.25. The molecule has 11 heavy (non-hydrogen) atoms. The van der Waals surface area contributed by atoms with E-state index >= 15 is 0 Å². The summed E-state index contributed by atoms with van der Waals surface area (Å²) in [6, 6.07) is 3.86. The largest absolute Gasteiger partial charge is 0.477 e. The maximum Gasteiger partial charge on any atom is 0.213 e. The van der Waals surface area contributed by atoms with E-state index in [9.17, 15) is 0 Å². The summed E-state index contributed by atoms with van der Waals surface area (Å²) >= 11 is 3.27. The molecule has 0 spiro atoms. The van der Waals surface area contributed by atoms with Gasteiger partial charge in [-0.2, -0.15) is 0 Å². The first-order chi connectivity index (χ1) is 5.33. The number of nitrogens with zero attached hydrogens (tertiary/aromatic N) is 1. The molecule has 0 atom stereocenters. The van der Waals surface area contributed by atoms with E-state index in [-0.39, 0.29) is 0 Å². The molecule has 1 rings (SSSR count). The lowest BCUT2D eigenvalue weighted by Crippen LogP contribution is -1.99. The van der Waals surface area contributed by atoms with Crippen LogP contribution < -0.4 is 4.74 Å². The van der Waals surface area contributed by atoms with Gasteiger partial charge in [0.1, 0.15) is 0 Å².